The van der Waals surface area contributed by atoms with Crippen LogP contribution in [0.3, 0.4) is 0 Å². The molecule has 0 bridgehead atoms. The first kappa shape index (κ1) is 23.2. The van der Waals surface area contributed by atoms with E-state index in [0.717, 1.165) is 18.7 Å². The van der Waals surface area contributed by atoms with Gasteiger partial charge in [-0.2, -0.15) is 0 Å². The Hall–Kier alpha value is -0.790. The zero-order valence-corrected chi connectivity index (χ0v) is 11.3. The monoisotopic (exact) mass is 202 g/mol. The van der Waals surface area contributed by atoms with Crippen LogP contribution in [0.1, 0.15) is 47.5 Å². The predicted octanol–water partition coefficient (Wildman–Crippen LogP) is 3.89. The van der Waals surface area contributed by atoms with Gasteiger partial charge in [-0.1, -0.05) is 34.6 Å². The number of hydrogen-bond acceptors (Lipinski definition) is 1. The molecular weight excluding hydrogens is 172 g/mol. The lowest BCUT2D eigenvalue weighted by atomic mass is 10.3. The van der Waals surface area contributed by atoms with Gasteiger partial charge in [0.15, 0.2) is 0 Å². The van der Waals surface area contributed by atoms with E-state index < -0.39 is 0 Å². The molecule has 0 rings (SSSR count). The summed E-state index contributed by atoms with van der Waals surface area (Å²) in [5.41, 5.74) is 0. The lowest BCUT2D eigenvalue weighted by Crippen LogP contribution is -2.17. The molecule has 0 aliphatic heterocycles. The Morgan fingerprint density at radius 2 is 1.50 bits per heavy atom. The molecule has 0 aromatic heterocycles. The lowest BCUT2D eigenvalue weighted by molar-refractivity contribution is 0.940. The fourth-order valence-electron chi connectivity index (χ4n) is 0.585. The highest BCUT2D eigenvalue weighted by Gasteiger charge is 1.87. The van der Waals surface area contributed by atoms with Crippen molar-refractivity contribution in [1.82, 2.24) is 5.32 Å². The van der Waals surface area contributed by atoms with Crippen LogP contribution in [0.2, 0.25) is 0 Å². The van der Waals surface area contributed by atoms with E-state index in [0.29, 0.717) is 0 Å². The van der Waals surface area contributed by atoms with E-state index in [1.807, 2.05) is 41.8 Å². The molecule has 2 heteroatoms. The predicted molar refractivity (Wildman–Crippen MR) is 71.3 cm³/mol. The van der Waals surface area contributed by atoms with Crippen LogP contribution < -0.4 is 5.32 Å². The molecule has 0 fully saturated rings. The van der Waals surface area contributed by atoms with Crippen LogP contribution in [0.4, 0.5) is 0 Å². The van der Waals surface area contributed by atoms with E-state index in [-0.39, 0.29) is 0 Å². The Kier molecular flexibility index (Phi) is 66.0. The summed E-state index contributed by atoms with van der Waals surface area (Å²) < 4.78 is 0. The van der Waals surface area contributed by atoms with Gasteiger partial charge in [-0.05, 0) is 6.42 Å². The van der Waals surface area contributed by atoms with Crippen molar-refractivity contribution in [3.05, 3.63) is 13.2 Å². The summed E-state index contributed by atoms with van der Waals surface area (Å²) in [6, 6.07) is 0. The minimum atomic E-state index is 1.06. The van der Waals surface area contributed by atoms with Crippen molar-refractivity contribution in [3.63, 3.8) is 0 Å². The van der Waals surface area contributed by atoms with Crippen molar-refractivity contribution in [2.45, 2.75) is 47.5 Å². The first-order chi connectivity index (χ1) is 6.85. The summed E-state index contributed by atoms with van der Waals surface area (Å²) in [6.07, 6.45) is 2.22. The van der Waals surface area contributed by atoms with Crippen molar-refractivity contribution in [3.8, 4) is 0 Å². The van der Waals surface area contributed by atoms with Gasteiger partial charge >= 0.3 is 0 Å². The third kappa shape index (κ3) is 30.3. The maximum absolute atomic E-state index is 4.00. The second-order valence-electron chi connectivity index (χ2n) is 1.67. The molecule has 0 saturated carbocycles. The molecule has 0 aliphatic rings. The molecule has 0 unspecified atom stereocenters. The van der Waals surface area contributed by atoms with Gasteiger partial charge in [0.25, 0.3) is 0 Å². The number of amidine groups is 1. The fourth-order valence-corrected chi connectivity index (χ4v) is 0.585. The highest BCUT2D eigenvalue weighted by Crippen LogP contribution is 1.86. The van der Waals surface area contributed by atoms with Crippen LogP contribution in [-0.2, 0) is 0 Å². The number of aliphatic imine (C=N–C) groups is 1. The van der Waals surface area contributed by atoms with E-state index in [4.69, 9.17) is 0 Å². The second kappa shape index (κ2) is 39.8. The van der Waals surface area contributed by atoms with E-state index in [1.54, 1.807) is 0 Å². The van der Waals surface area contributed by atoms with Crippen LogP contribution in [0, 0.1) is 0 Å². The molecule has 0 aromatic carbocycles. The number of nitrogens with zero attached hydrogens (tertiary/aromatic N) is 1. The van der Waals surface area contributed by atoms with E-state index in [1.165, 1.54) is 0 Å². The van der Waals surface area contributed by atoms with Gasteiger partial charge < -0.3 is 5.32 Å². The summed E-state index contributed by atoms with van der Waals surface area (Å²) in [5, 5.41) is 3.00. The van der Waals surface area contributed by atoms with Crippen molar-refractivity contribution in [2.24, 2.45) is 4.99 Å². The Labute approximate surface area is 91.5 Å². The Morgan fingerprint density at radius 1 is 1.14 bits per heavy atom. The normalized spacial score (nSPS) is 7.79. The Balaban J connectivity index is -0.0000000708. The van der Waals surface area contributed by atoms with Crippen LogP contribution >= 0.6 is 0 Å². The Morgan fingerprint density at radius 3 is 1.57 bits per heavy atom. The smallest absolute Gasteiger partial charge is 0.0956 e. The maximum atomic E-state index is 4.00. The molecule has 0 aliphatic carbocycles. The number of rotatable bonds is 2. The average molecular weight is 202 g/mol. The van der Waals surface area contributed by atoms with Crippen molar-refractivity contribution in [1.29, 1.82) is 0 Å². The number of nitrogens with one attached hydrogen (secondary N) is 1. The Bertz CT molecular complexity index is 88.3. The van der Waals surface area contributed by atoms with E-state index in [9.17, 15) is 0 Å². The molecule has 0 heterocycles. The van der Waals surface area contributed by atoms with Crippen LogP contribution in [0.15, 0.2) is 18.2 Å². The van der Waals surface area contributed by atoms with Crippen LogP contribution in [0.5, 0.6) is 0 Å². The molecule has 0 saturated heterocycles. The zero-order valence-electron chi connectivity index (χ0n) is 11.3. The van der Waals surface area contributed by atoms with Gasteiger partial charge in [0.1, 0.15) is 0 Å². The fraction of sp³-hybridized carbons (Fsp3) is 0.750. The molecule has 1 N–H and O–H groups in total. The minimum Gasteiger partial charge on any atom is -0.377 e. The molecule has 0 spiro atoms. The summed E-state index contributed by atoms with van der Waals surface area (Å²) in [4.78, 5) is 4.00. The van der Waals surface area contributed by atoms with Gasteiger partial charge in [0.05, 0.1) is 5.84 Å². The first-order valence-corrected chi connectivity index (χ1v) is 5.48. The van der Waals surface area contributed by atoms with Gasteiger partial charge in [0.2, 0.25) is 0 Å². The molecular formula is C12H30N2. The first-order valence-electron chi connectivity index (χ1n) is 5.48. The average Bonchev–Trinajstić information content (AvgIpc) is 2.33. The van der Waals surface area contributed by atoms with Crippen molar-refractivity contribution in [2.75, 3.05) is 14.1 Å². The second-order valence-corrected chi connectivity index (χ2v) is 1.67. The number of hydrogen-bond donors (Lipinski definition) is 1. The summed E-state index contributed by atoms with van der Waals surface area (Å²) >= 11 is 0. The van der Waals surface area contributed by atoms with Crippen molar-refractivity contribution < 1.29 is 0 Å². The summed E-state index contributed by atoms with van der Waals surface area (Å²) in [6.45, 7) is 16.1. The summed E-state index contributed by atoms with van der Waals surface area (Å²) in [7, 11) is 3.71. The maximum Gasteiger partial charge on any atom is 0.0956 e. The molecule has 0 radical (unpaired) electrons. The summed E-state index contributed by atoms with van der Waals surface area (Å²) in [5.74, 6) is 1.09. The standard InChI is InChI=1S/C6H14N2.2C2H6.C2H4/c1-4-5-6(7-2)8-3;3*1-2/h4-5H2,1-3H3,(H,7,8);2*1-2H3;1-2H2. The quantitative estimate of drug-likeness (QED) is 0.410. The highest BCUT2D eigenvalue weighted by atomic mass is 14.9. The lowest BCUT2D eigenvalue weighted by Gasteiger charge is -1.99. The molecule has 0 amide bonds. The molecule has 88 valence electrons. The van der Waals surface area contributed by atoms with Crippen LogP contribution in [0.25, 0.3) is 0 Å². The molecule has 2 nitrogen and oxygen atoms in total. The SMILES string of the molecule is C=C.CC.CC.CCCC(=NC)NC. The van der Waals surface area contributed by atoms with Gasteiger partial charge in [-0.25, -0.2) is 0 Å². The van der Waals surface area contributed by atoms with E-state index >= 15 is 0 Å². The molecule has 14 heavy (non-hydrogen) atoms. The molecule has 0 atom stereocenters. The van der Waals surface area contributed by atoms with E-state index in [2.05, 4.69) is 30.4 Å². The largest absolute Gasteiger partial charge is 0.377 e. The van der Waals surface area contributed by atoms with Gasteiger partial charge in [-0.3, -0.25) is 4.99 Å². The van der Waals surface area contributed by atoms with Crippen molar-refractivity contribution >= 4 is 5.84 Å². The zero-order chi connectivity index (χ0) is 12.4. The highest BCUT2D eigenvalue weighted by molar-refractivity contribution is 5.81. The third-order valence-electron chi connectivity index (χ3n) is 1.05. The molecule has 0 aromatic rings. The minimum absolute atomic E-state index is 1.06. The van der Waals surface area contributed by atoms with Gasteiger partial charge in [-0.15, -0.1) is 13.2 Å². The third-order valence-corrected chi connectivity index (χ3v) is 1.05. The van der Waals surface area contributed by atoms with Crippen LogP contribution in [-0.4, -0.2) is 19.9 Å². The van der Waals surface area contributed by atoms with Gasteiger partial charge in [0, 0.05) is 20.5 Å². The topological polar surface area (TPSA) is 24.4 Å².